The third kappa shape index (κ3) is 3.59. The molecule has 0 radical (unpaired) electrons. The van der Waals surface area contributed by atoms with Crippen molar-refractivity contribution in [2.24, 2.45) is 0 Å². The maximum Gasteiger partial charge on any atom is 0.375 e. The van der Waals surface area contributed by atoms with Gasteiger partial charge >= 0.3 is 5.97 Å². The number of carbonyl (C=O) groups is 3. The van der Waals surface area contributed by atoms with Crippen molar-refractivity contribution < 1.29 is 28.3 Å². The highest BCUT2D eigenvalue weighted by atomic mass is 32.1. The third-order valence-corrected chi connectivity index (χ3v) is 5.24. The summed E-state index contributed by atoms with van der Waals surface area (Å²) in [6.45, 7) is 1.67. The van der Waals surface area contributed by atoms with Crippen molar-refractivity contribution in [1.29, 1.82) is 0 Å². The van der Waals surface area contributed by atoms with Crippen LogP contribution < -0.4 is 4.74 Å². The predicted octanol–water partition coefficient (Wildman–Crippen LogP) is 3.54. The van der Waals surface area contributed by atoms with Gasteiger partial charge in [-0.1, -0.05) is 17.2 Å². The fraction of sp³-hybridized carbons (Fsp3) is 0.100. The van der Waals surface area contributed by atoms with Gasteiger partial charge in [0.25, 0.3) is 11.8 Å². The first kappa shape index (κ1) is 18.8. The first-order valence-electron chi connectivity index (χ1n) is 8.49. The van der Waals surface area contributed by atoms with Crippen molar-refractivity contribution in [3.63, 3.8) is 0 Å². The molecule has 146 valence electrons. The minimum Gasteiger partial charge on any atom is -0.486 e. The summed E-state index contributed by atoms with van der Waals surface area (Å²) in [6.07, 6.45) is 0. The Morgan fingerprint density at radius 1 is 1.07 bits per heavy atom. The number of ether oxygens (including phenoxy) is 1. The molecule has 0 unspecified atom stereocenters. The second kappa shape index (κ2) is 7.44. The second-order valence-corrected chi connectivity index (χ2v) is 7.18. The lowest BCUT2D eigenvalue weighted by atomic mass is 10.1. The highest BCUT2D eigenvalue weighted by molar-refractivity contribution is 7.13. The highest BCUT2D eigenvalue weighted by Crippen LogP contribution is 2.26. The summed E-state index contributed by atoms with van der Waals surface area (Å²) in [6, 6.07) is 11.7. The molecule has 0 bridgehead atoms. The van der Waals surface area contributed by atoms with Gasteiger partial charge in [-0.2, -0.15) is 0 Å². The smallest absolute Gasteiger partial charge is 0.375 e. The molecule has 1 aliphatic rings. The maximum atomic E-state index is 12.9. The van der Waals surface area contributed by atoms with E-state index in [2.05, 4.69) is 4.98 Å². The molecule has 0 fully saturated rings. The lowest BCUT2D eigenvalue weighted by Gasteiger charge is -2.11. The topological polar surface area (TPSA) is 85.8 Å². The van der Waals surface area contributed by atoms with Crippen LogP contribution in [0.1, 0.15) is 41.1 Å². The molecule has 1 aliphatic heterocycles. The van der Waals surface area contributed by atoms with Gasteiger partial charge in [-0.3, -0.25) is 9.59 Å². The van der Waals surface area contributed by atoms with E-state index in [0.29, 0.717) is 21.5 Å². The van der Waals surface area contributed by atoms with E-state index >= 15 is 0 Å². The standard InChI is InChI=1S/C20H13FN2O5S/c1-11-17(29-16(22-11)10-27-13-8-6-12(21)7-9-13)20(26)28-23-18(24)14-4-2-3-5-15(14)19(23)25/h2-9H,10H2,1H3. The number of imide groups is 1. The SMILES string of the molecule is Cc1nc(COc2ccc(F)cc2)sc1C(=O)ON1C(=O)c2ccccc2C1=O. The molecular weight excluding hydrogens is 399 g/mol. The van der Waals surface area contributed by atoms with E-state index in [-0.39, 0.29) is 28.4 Å². The molecule has 0 atom stereocenters. The third-order valence-electron chi connectivity index (χ3n) is 4.13. The van der Waals surface area contributed by atoms with E-state index in [1.54, 1.807) is 19.1 Å². The number of halogens is 1. The van der Waals surface area contributed by atoms with Crippen LogP contribution in [0.4, 0.5) is 4.39 Å². The Hall–Kier alpha value is -3.59. The Labute approximate surface area is 168 Å². The normalized spacial score (nSPS) is 12.8. The van der Waals surface area contributed by atoms with E-state index in [1.807, 2.05) is 0 Å². The highest BCUT2D eigenvalue weighted by Gasteiger charge is 2.39. The minimum atomic E-state index is -0.859. The van der Waals surface area contributed by atoms with Gasteiger partial charge in [0.1, 0.15) is 28.1 Å². The number of benzene rings is 2. The number of aromatic nitrogens is 1. The Kier molecular flexibility index (Phi) is 4.81. The number of amides is 2. The lowest BCUT2D eigenvalue weighted by molar-refractivity contribution is -0.0581. The molecule has 0 aliphatic carbocycles. The molecule has 7 nitrogen and oxygen atoms in total. The van der Waals surface area contributed by atoms with Crippen LogP contribution >= 0.6 is 11.3 Å². The van der Waals surface area contributed by atoms with E-state index in [1.165, 1.54) is 36.4 Å². The fourth-order valence-corrected chi connectivity index (χ4v) is 3.60. The molecule has 0 N–H and O–H groups in total. The van der Waals surface area contributed by atoms with Crippen LogP contribution in [0.5, 0.6) is 5.75 Å². The molecule has 0 spiro atoms. The van der Waals surface area contributed by atoms with Crippen LogP contribution in [0.15, 0.2) is 48.5 Å². The molecule has 1 aromatic heterocycles. The van der Waals surface area contributed by atoms with Crippen LogP contribution in [0, 0.1) is 12.7 Å². The Balaban J connectivity index is 1.45. The summed E-state index contributed by atoms with van der Waals surface area (Å²) >= 11 is 1.03. The van der Waals surface area contributed by atoms with Crippen LogP contribution in [-0.2, 0) is 11.4 Å². The zero-order chi connectivity index (χ0) is 20.5. The maximum absolute atomic E-state index is 12.9. The number of carbonyl (C=O) groups excluding carboxylic acids is 3. The zero-order valence-electron chi connectivity index (χ0n) is 15.0. The molecule has 2 aromatic carbocycles. The van der Waals surface area contributed by atoms with Crippen LogP contribution in [0.3, 0.4) is 0 Å². The van der Waals surface area contributed by atoms with Crippen LogP contribution in [-0.4, -0.2) is 27.8 Å². The molecule has 0 saturated carbocycles. The molecule has 29 heavy (non-hydrogen) atoms. The fourth-order valence-electron chi connectivity index (χ4n) is 2.75. The van der Waals surface area contributed by atoms with Crippen molar-refractivity contribution in [3.05, 3.63) is 81.1 Å². The first-order chi connectivity index (χ1) is 13.9. The monoisotopic (exact) mass is 412 g/mol. The second-order valence-electron chi connectivity index (χ2n) is 6.09. The molecule has 2 amide bonds. The molecule has 2 heterocycles. The lowest BCUT2D eigenvalue weighted by Crippen LogP contribution is -2.32. The number of hydrogen-bond donors (Lipinski definition) is 0. The Morgan fingerprint density at radius 2 is 1.69 bits per heavy atom. The number of hydroxylamine groups is 2. The van der Waals surface area contributed by atoms with E-state index in [4.69, 9.17) is 9.57 Å². The Bertz CT molecular complexity index is 1090. The van der Waals surface area contributed by atoms with E-state index in [9.17, 15) is 18.8 Å². The summed E-state index contributed by atoms with van der Waals surface area (Å²) in [5.41, 5.74) is 0.744. The molecule has 4 rings (SSSR count). The summed E-state index contributed by atoms with van der Waals surface area (Å²) in [7, 11) is 0. The molecule has 0 saturated heterocycles. The number of fused-ring (bicyclic) bond motifs is 1. The first-order valence-corrected chi connectivity index (χ1v) is 9.30. The van der Waals surface area contributed by atoms with Crippen molar-refractivity contribution in [2.75, 3.05) is 0 Å². The molecule has 3 aromatic rings. The number of thiazole rings is 1. The van der Waals surface area contributed by atoms with Gasteiger partial charge < -0.3 is 9.57 Å². The van der Waals surface area contributed by atoms with Crippen molar-refractivity contribution in [2.45, 2.75) is 13.5 Å². The van der Waals surface area contributed by atoms with Gasteiger partial charge in [0.15, 0.2) is 0 Å². The molecule has 9 heteroatoms. The number of nitrogens with zero attached hydrogens (tertiary/aromatic N) is 2. The summed E-state index contributed by atoms with van der Waals surface area (Å²) in [5.74, 6) is -2.17. The van der Waals surface area contributed by atoms with Crippen molar-refractivity contribution in [1.82, 2.24) is 10.0 Å². The van der Waals surface area contributed by atoms with E-state index < -0.39 is 17.8 Å². The summed E-state index contributed by atoms with van der Waals surface area (Å²) in [5, 5.41) is 0.946. The largest absolute Gasteiger partial charge is 0.486 e. The quantitative estimate of drug-likeness (QED) is 0.596. The van der Waals surface area contributed by atoms with Gasteiger partial charge in [-0.05, 0) is 43.3 Å². The zero-order valence-corrected chi connectivity index (χ0v) is 15.9. The predicted molar refractivity (Wildman–Crippen MR) is 99.9 cm³/mol. The van der Waals surface area contributed by atoms with Gasteiger partial charge in [-0.25, -0.2) is 14.2 Å². The average molecular weight is 412 g/mol. The molecular formula is C20H13FN2O5S. The van der Waals surface area contributed by atoms with Crippen LogP contribution in [0.2, 0.25) is 0 Å². The van der Waals surface area contributed by atoms with Gasteiger partial charge in [0.2, 0.25) is 0 Å². The number of rotatable bonds is 5. The minimum absolute atomic E-state index is 0.0669. The van der Waals surface area contributed by atoms with Gasteiger partial charge in [0, 0.05) is 0 Å². The Morgan fingerprint density at radius 3 is 2.31 bits per heavy atom. The van der Waals surface area contributed by atoms with Gasteiger partial charge in [0.05, 0.1) is 16.8 Å². The van der Waals surface area contributed by atoms with E-state index in [0.717, 1.165) is 11.3 Å². The summed E-state index contributed by atoms with van der Waals surface area (Å²) in [4.78, 5) is 46.6. The summed E-state index contributed by atoms with van der Waals surface area (Å²) < 4.78 is 18.5. The number of aryl methyl sites for hydroxylation is 1. The van der Waals surface area contributed by atoms with Gasteiger partial charge in [-0.15, -0.1) is 11.3 Å². The van der Waals surface area contributed by atoms with Crippen LogP contribution in [0.25, 0.3) is 0 Å². The average Bonchev–Trinajstić information content (AvgIpc) is 3.21. The van der Waals surface area contributed by atoms with Crippen molar-refractivity contribution in [3.8, 4) is 5.75 Å². The number of hydrogen-bond acceptors (Lipinski definition) is 7. The van der Waals surface area contributed by atoms with Crippen molar-refractivity contribution >= 4 is 29.1 Å².